The molecular weight excluding hydrogens is 452 g/mol. The van der Waals surface area contributed by atoms with Gasteiger partial charge in [-0.25, -0.2) is 4.39 Å². The van der Waals surface area contributed by atoms with Gasteiger partial charge in [-0.05, 0) is 31.2 Å². The molecule has 1 atom stereocenters. The lowest BCUT2D eigenvalue weighted by Gasteiger charge is -2.36. The summed E-state index contributed by atoms with van der Waals surface area (Å²) in [5.41, 5.74) is 5.41. The molecular formula is C21H25Cl3FN3O2. The van der Waals surface area contributed by atoms with E-state index in [1.807, 2.05) is 30.3 Å². The SMILES string of the molecule is CC(C)C(=O)N1N=C(c2cc(Cl)ccc2F)OC1(CCCN)c1ccccc1.Cl.Cl. The number of nitrogens with two attached hydrogens (primary N) is 1. The van der Waals surface area contributed by atoms with Gasteiger partial charge in [0.05, 0.1) is 5.56 Å². The molecule has 2 aromatic rings. The van der Waals surface area contributed by atoms with Gasteiger partial charge in [0.15, 0.2) is 0 Å². The minimum absolute atomic E-state index is 0. The molecule has 5 nitrogen and oxygen atoms in total. The molecule has 1 aliphatic heterocycles. The minimum Gasteiger partial charge on any atom is -0.443 e. The van der Waals surface area contributed by atoms with Crippen LogP contribution in [0.4, 0.5) is 4.39 Å². The van der Waals surface area contributed by atoms with Crippen LogP contribution in [-0.4, -0.2) is 23.4 Å². The van der Waals surface area contributed by atoms with Crippen molar-refractivity contribution in [2.45, 2.75) is 32.4 Å². The second kappa shape index (κ2) is 11.0. The van der Waals surface area contributed by atoms with Crippen molar-refractivity contribution < 1.29 is 13.9 Å². The van der Waals surface area contributed by atoms with Crippen LogP contribution in [0.25, 0.3) is 0 Å². The highest BCUT2D eigenvalue weighted by molar-refractivity contribution is 6.31. The van der Waals surface area contributed by atoms with Crippen LogP contribution in [0.15, 0.2) is 53.6 Å². The van der Waals surface area contributed by atoms with Gasteiger partial charge < -0.3 is 10.5 Å². The molecule has 0 spiro atoms. The Labute approximate surface area is 193 Å². The summed E-state index contributed by atoms with van der Waals surface area (Å²) in [5, 5.41) is 6.09. The van der Waals surface area contributed by atoms with E-state index in [0.717, 1.165) is 5.56 Å². The number of carbonyl (C=O) groups excluding carboxylic acids is 1. The number of hydrazone groups is 1. The molecule has 1 amide bonds. The van der Waals surface area contributed by atoms with Crippen molar-refractivity contribution in [3.63, 3.8) is 0 Å². The van der Waals surface area contributed by atoms with Crippen LogP contribution in [0.5, 0.6) is 0 Å². The lowest BCUT2D eigenvalue weighted by molar-refractivity contribution is -0.156. The van der Waals surface area contributed by atoms with Gasteiger partial charge in [0.1, 0.15) is 5.82 Å². The summed E-state index contributed by atoms with van der Waals surface area (Å²) in [6, 6.07) is 13.5. The molecule has 0 bridgehead atoms. The first kappa shape index (κ1) is 26.2. The molecule has 164 valence electrons. The van der Waals surface area contributed by atoms with Crippen molar-refractivity contribution in [2.75, 3.05) is 6.54 Å². The lowest BCUT2D eigenvalue weighted by atomic mass is 9.95. The van der Waals surface area contributed by atoms with E-state index in [1.54, 1.807) is 13.8 Å². The number of hydrogen-bond donors (Lipinski definition) is 1. The first-order valence-electron chi connectivity index (χ1n) is 9.22. The Hall–Kier alpha value is -1.86. The number of hydrogen-bond acceptors (Lipinski definition) is 4. The van der Waals surface area contributed by atoms with Crippen LogP contribution in [-0.2, 0) is 15.3 Å². The Kier molecular flexibility index (Phi) is 9.56. The number of carbonyl (C=O) groups is 1. The second-order valence-corrected chi connectivity index (χ2v) is 7.42. The van der Waals surface area contributed by atoms with Gasteiger partial charge in [-0.15, -0.1) is 29.9 Å². The Morgan fingerprint density at radius 3 is 2.50 bits per heavy atom. The smallest absolute Gasteiger partial charge is 0.249 e. The predicted octanol–water partition coefficient (Wildman–Crippen LogP) is 5.09. The van der Waals surface area contributed by atoms with Gasteiger partial charge in [0, 0.05) is 22.9 Å². The van der Waals surface area contributed by atoms with E-state index in [0.29, 0.717) is 24.4 Å². The number of nitrogens with zero attached hydrogens (tertiary/aromatic N) is 2. The van der Waals surface area contributed by atoms with Crippen molar-refractivity contribution >= 4 is 48.2 Å². The van der Waals surface area contributed by atoms with Crippen molar-refractivity contribution in [3.8, 4) is 0 Å². The number of ether oxygens (including phenoxy) is 1. The summed E-state index contributed by atoms with van der Waals surface area (Å²) in [7, 11) is 0. The van der Waals surface area contributed by atoms with E-state index < -0.39 is 11.5 Å². The summed E-state index contributed by atoms with van der Waals surface area (Å²) in [6.45, 7) is 3.99. The Balaban J connectivity index is 0.00000225. The van der Waals surface area contributed by atoms with E-state index in [9.17, 15) is 9.18 Å². The van der Waals surface area contributed by atoms with E-state index in [2.05, 4.69) is 5.10 Å². The van der Waals surface area contributed by atoms with E-state index >= 15 is 0 Å². The monoisotopic (exact) mass is 475 g/mol. The fourth-order valence-corrected chi connectivity index (χ4v) is 3.33. The fraction of sp³-hybridized carbons (Fsp3) is 0.333. The molecule has 0 radical (unpaired) electrons. The van der Waals surface area contributed by atoms with E-state index in [-0.39, 0.29) is 48.1 Å². The van der Waals surface area contributed by atoms with Crippen LogP contribution in [0.2, 0.25) is 5.02 Å². The first-order chi connectivity index (χ1) is 13.4. The van der Waals surface area contributed by atoms with Crippen molar-refractivity contribution in [1.29, 1.82) is 0 Å². The second-order valence-electron chi connectivity index (χ2n) is 6.98. The van der Waals surface area contributed by atoms with Gasteiger partial charge in [0.2, 0.25) is 17.5 Å². The minimum atomic E-state index is -1.19. The maximum absolute atomic E-state index is 14.5. The van der Waals surface area contributed by atoms with Crippen LogP contribution < -0.4 is 5.73 Å². The molecule has 1 heterocycles. The molecule has 3 rings (SSSR count). The Morgan fingerprint density at radius 1 is 1.23 bits per heavy atom. The van der Waals surface area contributed by atoms with Gasteiger partial charge in [-0.1, -0.05) is 55.8 Å². The Bertz CT molecular complexity index is 896. The lowest BCUT2D eigenvalue weighted by Crippen LogP contribution is -2.46. The highest BCUT2D eigenvalue weighted by atomic mass is 35.5. The molecule has 1 aliphatic rings. The van der Waals surface area contributed by atoms with Crippen molar-refractivity contribution in [1.82, 2.24) is 5.01 Å². The molecule has 0 saturated carbocycles. The largest absolute Gasteiger partial charge is 0.443 e. The third kappa shape index (κ3) is 5.06. The fourth-order valence-electron chi connectivity index (χ4n) is 3.16. The molecule has 30 heavy (non-hydrogen) atoms. The van der Waals surface area contributed by atoms with Crippen LogP contribution in [0.1, 0.15) is 37.8 Å². The van der Waals surface area contributed by atoms with Gasteiger partial charge in [-0.2, -0.15) is 5.01 Å². The summed E-state index contributed by atoms with van der Waals surface area (Å²) < 4.78 is 20.7. The first-order valence-corrected chi connectivity index (χ1v) is 9.59. The highest BCUT2D eigenvalue weighted by Gasteiger charge is 2.50. The molecule has 0 saturated heterocycles. The average Bonchev–Trinajstić information content (AvgIpc) is 3.08. The van der Waals surface area contributed by atoms with Crippen molar-refractivity contribution in [2.24, 2.45) is 16.8 Å². The third-order valence-corrected chi connectivity index (χ3v) is 4.84. The van der Waals surface area contributed by atoms with Crippen molar-refractivity contribution in [3.05, 3.63) is 70.5 Å². The highest BCUT2D eigenvalue weighted by Crippen LogP contribution is 2.41. The molecule has 2 aromatic carbocycles. The summed E-state index contributed by atoms with van der Waals surface area (Å²) in [5.74, 6) is -1.05. The number of benzene rings is 2. The van der Waals surface area contributed by atoms with E-state index in [4.69, 9.17) is 22.1 Å². The molecule has 0 fully saturated rings. The summed E-state index contributed by atoms with van der Waals surface area (Å²) in [6.07, 6.45) is 1.01. The Morgan fingerprint density at radius 2 is 1.90 bits per heavy atom. The quantitative estimate of drug-likeness (QED) is 0.631. The van der Waals surface area contributed by atoms with Crippen LogP contribution in [0, 0.1) is 11.7 Å². The maximum atomic E-state index is 14.5. The average molecular weight is 477 g/mol. The zero-order chi connectivity index (χ0) is 20.3. The van der Waals surface area contributed by atoms with Gasteiger partial charge >= 0.3 is 0 Å². The summed E-state index contributed by atoms with van der Waals surface area (Å²) in [4.78, 5) is 13.0. The zero-order valence-electron chi connectivity index (χ0n) is 16.7. The standard InChI is InChI=1S/C21H23ClFN3O2.2ClH/c1-14(2)20(27)26-21(11-6-12-24,15-7-4-3-5-8-15)28-19(25-26)17-13-16(22)9-10-18(17)23;;/h3-5,7-10,13-14H,6,11-12,24H2,1-2H3;2*1H. The number of halogens is 4. The molecule has 0 aromatic heterocycles. The van der Waals surface area contributed by atoms with E-state index in [1.165, 1.54) is 23.2 Å². The molecule has 1 unspecified atom stereocenters. The van der Waals surface area contributed by atoms with Gasteiger partial charge in [0.25, 0.3) is 0 Å². The van der Waals surface area contributed by atoms with Crippen LogP contribution in [0.3, 0.4) is 0 Å². The number of amides is 1. The van der Waals surface area contributed by atoms with Gasteiger partial charge in [-0.3, -0.25) is 4.79 Å². The molecule has 2 N–H and O–H groups in total. The zero-order valence-corrected chi connectivity index (χ0v) is 19.1. The topological polar surface area (TPSA) is 67.9 Å². The molecule has 9 heteroatoms. The molecule has 0 aliphatic carbocycles. The normalized spacial score (nSPS) is 17.7. The predicted molar refractivity (Wildman–Crippen MR) is 122 cm³/mol. The summed E-state index contributed by atoms with van der Waals surface area (Å²) >= 11 is 6.04. The number of rotatable bonds is 6. The van der Waals surface area contributed by atoms with Crippen LogP contribution >= 0.6 is 36.4 Å². The maximum Gasteiger partial charge on any atom is 0.249 e. The third-order valence-electron chi connectivity index (χ3n) is 4.60.